The molecule has 0 aliphatic carbocycles. The number of hydrogen-bond acceptors (Lipinski definition) is 5. The Balaban J connectivity index is 2.48. The van der Waals surface area contributed by atoms with Gasteiger partial charge in [-0.25, -0.2) is 0 Å². The lowest BCUT2D eigenvalue weighted by Crippen LogP contribution is -2.26. The molecule has 9 heteroatoms. The minimum atomic E-state index is -0.254. The number of nitroso groups, excluding NO2 is 1. The molecule has 0 aliphatic rings. The van der Waals surface area contributed by atoms with Gasteiger partial charge in [0, 0.05) is 15.6 Å². The van der Waals surface area contributed by atoms with E-state index in [-0.39, 0.29) is 11.0 Å². The third-order valence-corrected chi connectivity index (χ3v) is 4.02. The van der Waals surface area contributed by atoms with Crippen molar-refractivity contribution in [1.29, 1.82) is 0 Å². The van der Waals surface area contributed by atoms with Crippen LogP contribution >= 0.6 is 23.8 Å². The van der Waals surface area contributed by atoms with Gasteiger partial charge in [0.1, 0.15) is 5.69 Å². The molecule has 2 rings (SSSR count). The van der Waals surface area contributed by atoms with Crippen molar-refractivity contribution in [1.82, 2.24) is 14.9 Å². The molecule has 23 heavy (non-hydrogen) atoms. The Hall–Kier alpha value is -1.90. The number of benzene rings is 1. The molecule has 0 unspecified atom stereocenters. The number of nitrogens with zero attached hydrogens (tertiary/aromatic N) is 3. The minimum Gasteiger partial charge on any atom is -0.493 e. The van der Waals surface area contributed by atoms with Gasteiger partial charge >= 0.3 is 0 Å². The van der Waals surface area contributed by atoms with E-state index in [1.54, 1.807) is 16.7 Å². The van der Waals surface area contributed by atoms with Crippen LogP contribution in [-0.4, -0.2) is 32.8 Å². The minimum absolute atomic E-state index is 0.0235. The van der Waals surface area contributed by atoms with Crippen LogP contribution in [0.4, 0.5) is 5.69 Å². The van der Waals surface area contributed by atoms with Gasteiger partial charge in [-0.15, -0.1) is 4.91 Å². The summed E-state index contributed by atoms with van der Waals surface area (Å²) >= 11 is 10.7. The highest BCUT2D eigenvalue weighted by molar-refractivity contribution is 7.80. The second-order valence-corrected chi connectivity index (χ2v) is 5.70. The first-order chi connectivity index (χ1) is 11.0. The first-order valence-electron chi connectivity index (χ1n) is 7.14. The van der Waals surface area contributed by atoms with Gasteiger partial charge in [-0.1, -0.05) is 25.4 Å². The van der Waals surface area contributed by atoms with Crippen LogP contribution in [0.2, 0.25) is 5.02 Å². The molecule has 3 N–H and O–H groups in total. The van der Waals surface area contributed by atoms with Crippen LogP contribution < -0.4 is 10.9 Å². The molecule has 0 radical (unpaired) electrons. The zero-order valence-corrected chi connectivity index (χ0v) is 14.4. The largest absolute Gasteiger partial charge is 0.493 e. The summed E-state index contributed by atoms with van der Waals surface area (Å²) in [5, 5.41) is 14.2. The third kappa shape index (κ3) is 3.72. The first kappa shape index (κ1) is 17.5. The number of halogens is 1. The number of nitrogens with one attached hydrogen (secondary N) is 2. The molecule has 0 saturated carbocycles. The lowest BCUT2D eigenvalue weighted by Gasteiger charge is -2.20. The average molecular weight is 356 g/mol. The van der Waals surface area contributed by atoms with Crippen molar-refractivity contribution in [3.63, 3.8) is 0 Å². The second-order valence-electron chi connectivity index (χ2n) is 4.88. The monoisotopic (exact) mass is 355 g/mol. The van der Waals surface area contributed by atoms with Crippen molar-refractivity contribution < 1.29 is 5.11 Å². The zero-order valence-electron chi connectivity index (χ0n) is 12.8. The molecule has 7 nitrogen and oxygen atoms in total. The summed E-state index contributed by atoms with van der Waals surface area (Å²) in [5.74, 6) is 0.0235. The van der Waals surface area contributed by atoms with Crippen molar-refractivity contribution in [3.05, 3.63) is 28.1 Å². The van der Waals surface area contributed by atoms with Crippen LogP contribution in [0.1, 0.15) is 13.8 Å². The SMILES string of the molecule is CCN(CC)Cn1c(O)c(NNC(=S)N=O)c2cc(Cl)ccc21. The Kier molecular flexibility index (Phi) is 5.75. The van der Waals surface area contributed by atoms with E-state index >= 15 is 0 Å². The molecule has 124 valence electrons. The average Bonchev–Trinajstić information content (AvgIpc) is 2.81. The van der Waals surface area contributed by atoms with E-state index in [0.29, 0.717) is 22.8 Å². The fraction of sp³-hybridized carbons (Fsp3) is 0.357. The van der Waals surface area contributed by atoms with Crippen LogP contribution in [-0.2, 0) is 6.67 Å². The first-order valence-corrected chi connectivity index (χ1v) is 7.92. The number of fused-ring (bicyclic) bond motifs is 1. The molecule has 0 fully saturated rings. The molecule has 0 amide bonds. The number of hydrazine groups is 1. The van der Waals surface area contributed by atoms with E-state index in [4.69, 9.17) is 11.6 Å². The van der Waals surface area contributed by atoms with Crippen LogP contribution in [0, 0.1) is 4.91 Å². The molecule has 0 bridgehead atoms. The maximum absolute atomic E-state index is 10.6. The number of thiocarbonyl (C=S) groups is 1. The molecule has 1 aromatic carbocycles. The molecule has 1 aromatic heterocycles. The Labute approximate surface area is 144 Å². The smallest absolute Gasteiger partial charge is 0.254 e. The Morgan fingerprint density at radius 2 is 2.13 bits per heavy atom. The normalized spacial score (nSPS) is 11.0. The van der Waals surface area contributed by atoms with Crippen molar-refractivity contribution in [3.8, 4) is 5.88 Å². The van der Waals surface area contributed by atoms with Crippen LogP contribution in [0.25, 0.3) is 10.9 Å². The molecule has 0 saturated heterocycles. The van der Waals surface area contributed by atoms with E-state index < -0.39 is 0 Å². The fourth-order valence-corrected chi connectivity index (χ4v) is 2.57. The third-order valence-electron chi connectivity index (χ3n) is 3.61. The second kappa shape index (κ2) is 7.58. The van der Waals surface area contributed by atoms with Crippen molar-refractivity contribution >= 4 is 45.5 Å². The van der Waals surface area contributed by atoms with E-state index in [1.165, 1.54) is 0 Å². The molecule has 2 aromatic rings. The fourth-order valence-electron chi connectivity index (χ4n) is 2.34. The standard InChI is InChI=1S/C14H18ClN5O2S/c1-3-19(4-2)8-20-11-6-5-9(15)7-10(11)12(13(20)21)16-17-14(23)18-22/h5-7,16,21H,3-4,8H2,1-2H3,(H,17,23). The van der Waals surface area contributed by atoms with Crippen LogP contribution in [0.3, 0.4) is 0 Å². The molecule has 0 atom stereocenters. The van der Waals surface area contributed by atoms with Crippen LogP contribution in [0.5, 0.6) is 5.88 Å². The van der Waals surface area contributed by atoms with Crippen molar-refractivity contribution in [2.24, 2.45) is 5.18 Å². The topological polar surface area (TPSA) is 81.9 Å². The maximum atomic E-state index is 10.6. The number of rotatable bonds is 6. The molecule has 1 heterocycles. The van der Waals surface area contributed by atoms with Crippen molar-refractivity contribution in [2.45, 2.75) is 20.5 Å². The van der Waals surface area contributed by atoms with Gasteiger partial charge in [0.15, 0.2) is 0 Å². The number of aromatic hydroxyl groups is 1. The summed E-state index contributed by atoms with van der Waals surface area (Å²) < 4.78 is 1.76. The van der Waals surface area contributed by atoms with Crippen molar-refractivity contribution in [2.75, 3.05) is 18.5 Å². The zero-order chi connectivity index (χ0) is 17.0. The highest BCUT2D eigenvalue weighted by atomic mass is 35.5. The predicted octanol–water partition coefficient (Wildman–Crippen LogP) is 3.27. The van der Waals surface area contributed by atoms with Gasteiger partial charge in [-0.05, 0) is 43.5 Å². The van der Waals surface area contributed by atoms with Crippen LogP contribution in [0.15, 0.2) is 23.4 Å². The summed E-state index contributed by atoms with van der Waals surface area (Å²) in [7, 11) is 0. The molecule has 0 aliphatic heterocycles. The number of aromatic nitrogens is 1. The van der Waals surface area contributed by atoms with E-state index in [0.717, 1.165) is 18.6 Å². The Bertz CT molecular complexity index is 730. The van der Waals surface area contributed by atoms with Gasteiger partial charge in [0.25, 0.3) is 5.11 Å². The summed E-state index contributed by atoms with van der Waals surface area (Å²) in [4.78, 5) is 12.5. The summed E-state index contributed by atoms with van der Waals surface area (Å²) in [6, 6.07) is 5.33. The lowest BCUT2D eigenvalue weighted by atomic mass is 10.2. The number of anilines is 1. The Morgan fingerprint density at radius 3 is 2.74 bits per heavy atom. The van der Waals surface area contributed by atoms with Gasteiger partial charge in [-0.2, -0.15) is 0 Å². The highest BCUT2D eigenvalue weighted by Gasteiger charge is 2.18. The molecular formula is C14H18ClN5O2S. The highest BCUT2D eigenvalue weighted by Crippen LogP contribution is 2.37. The van der Waals surface area contributed by atoms with E-state index in [9.17, 15) is 10.0 Å². The lowest BCUT2D eigenvalue weighted by molar-refractivity contribution is 0.233. The van der Waals surface area contributed by atoms with Gasteiger partial charge in [-0.3, -0.25) is 20.3 Å². The molecular weight excluding hydrogens is 338 g/mol. The summed E-state index contributed by atoms with van der Waals surface area (Å²) in [6.45, 7) is 6.33. The maximum Gasteiger partial charge on any atom is 0.254 e. The van der Waals surface area contributed by atoms with Gasteiger partial charge in [0.2, 0.25) is 5.88 Å². The van der Waals surface area contributed by atoms with Gasteiger partial charge < -0.3 is 5.11 Å². The molecule has 0 spiro atoms. The Morgan fingerprint density at radius 1 is 1.43 bits per heavy atom. The predicted molar refractivity (Wildman–Crippen MR) is 96.7 cm³/mol. The summed E-state index contributed by atoms with van der Waals surface area (Å²) in [6.07, 6.45) is 0. The number of hydrogen-bond donors (Lipinski definition) is 3. The van der Waals surface area contributed by atoms with E-state index in [2.05, 4.69) is 47.0 Å². The summed E-state index contributed by atoms with van der Waals surface area (Å²) in [5.41, 5.74) is 6.40. The quantitative estimate of drug-likeness (QED) is 0.419. The van der Waals surface area contributed by atoms with E-state index in [1.807, 2.05) is 6.07 Å². The van der Waals surface area contributed by atoms with Gasteiger partial charge in [0.05, 0.1) is 12.2 Å².